The van der Waals surface area contributed by atoms with Crippen LogP contribution in [0.25, 0.3) is 0 Å². The first-order chi connectivity index (χ1) is 9.66. The SMILES string of the molecule is C/C(=C\COC1CCC(c2ccccc2)CC1)[N+](=O)[O-]. The summed E-state index contributed by atoms with van der Waals surface area (Å²) < 4.78 is 5.71. The monoisotopic (exact) mass is 275 g/mol. The molecule has 0 unspecified atom stereocenters. The van der Waals surface area contributed by atoms with Crippen LogP contribution in [0.5, 0.6) is 0 Å². The molecule has 1 aromatic carbocycles. The molecule has 1 saturated carbocycles. The van der Waals surface area contributed by atoms with Crippen LogP contribution in [-0.2, 0) is 4.74 Å². The van der Waals surface area contributed by atoms with Gasteiger partial charge in [0.2, 0.25) is 5.70 Å². The first-order valence-corrected chi connectivity index (χ1v) is 7.14. The third kappa shape index (κ3) is 4.17. The zero-order valence-corrected chi connectivity index (χ0v) is 11.8. The van der Waals surface area contributed by atoms with Crippen LogP contribution < -0.4 is 0 Å². The Morgan fingerprint density at radius 3 is 2.55 bits per heavy atom. The Bertz CT molecular complexity index is 462. The number of allylic oxidation sites excluding steroid dienone is 1. The molecule has 0 saturated heterocycles. The predicted molar refractivity (Wildman–Crippen MR) is 78.1 cm³/mol. The molecule has 0 atom stereocenters. The summed E-state index contributed by atoms with van der Waals surface area (Å²) in [5.74, 6) is 0.632. The minimum atomic E-state index is -0.379. The third-order valence-electron chi connectivity index (χ3n) is 3.94. The van der Waals surface area contributed by atoms with Gasteiger partial charge in [-0.2, -0.15) is 0 Å². The van der Waals surface area contributed by atoms with E-state index >= 15 is 0 Å². The van der Waals surface area contributed by atoms with E-state index in [-0.39, 0.29) is 16.7 Å². The van der Waals surface area contributed by atoms with Gasteiger partial charge in [-0.1, -0.05) is 30.3 Å². The Kier molecular flexibility index (Phi) is 5.30. The van der Waals surface area contributed by atoms with Crippen LogP contribution >= 0.6 is 0 Å². The molecule has 1 aliphatic rings. The first-order valence-electron chi connectivity index (χ1n) is 7.14. The predicted octanol–water partition coefficient (Wildman–Crippen LogP) is 3.91. The van der Waals surface area contributed by atoms with Gasteiger partial charge in [0.15, 0.2) is 0 Å². The van der Waals surface area contributed by atoms with Crippen LogP contribution in [0.2, 0.25) is 0 Å². The second-order valence-corrected chi connectivity index (χ2v) is 5.32. The maximum Gasteiger partial charge on any atom is 0.241 e. The lowest BCUT2D eigenvalue weighted by atomic mass is 9.83. The number of hydrogen-bond donors (Lipinski definition) is 0. The van der Waals surface area contributed by atoms with Crippen molar-refractivity contribution >= 4 is 0 Å². The van der Waals surface area contributed by atoms with Crippen molar-refractivity contribution in [2.24, 2.45) is 0 Å². The zero-order chi connectivity index (χ0) is 14.4. The minimum absolute atomic E-state index is 0.156. The summed E-state index contributed by atoms with van der Waals surface area (Å²) in [4.78, 5) is 10.1. The molecule has 0 bridgehead atoms. The van der Waals surface area contributed by atoms with Crippen molar-refractivity contribution in [2.75, 3.05) is 6.61 Å². The molecule has 1 fully saturated rings. The minimum Gasteiger partial charge on any atom is -0.374 e. The summed E-state index contributed by atoms with van der Waals surface area (Å²) >= 11 is 0. The average Bonchev–Trinajstić information content (AvgIpc) is 2.48. The summed E-state index contributed by atoms with van der Waals surface area (Å²) in [5, 5.41) is 10.5. The standard InChI is InChI=1S/C16H21NO3/c1-13(17(18)19)11-12-20-16-9-7-15(8-10-16)14-5-3-2-4-6-14/h2-6,11,15-16H,7-10,12H2,1H3/b13-11+. The Labute approximate surface area is 119 Å². The smallest absolute Gasteiger partial charge is 0.241 e. The van der Waals surface area contributed by atoms with E-state index in [1.165, 1.54) is 12.5 Å². The van der Waals surface area contributed by atoms with Crippen LogP contribution in [0.15, 0.2) is 42.1 Å². The Morgan fingerprint density at radius 2 is 1.95 bits per heavy atom. The van der Waals surface area contributed by atoms with E-state index in [9.17, 15) is 10.1 Å². The summed E-state index contributed by atoms with van der Waals surface area (Å²) in [7, 11) is 0. The van der Waals surface area contributed by atoms with Gasteiger partial charge < -0.3 is 4.74 Å². The quantitative estimate of drug-likeness (QED) is 0.604. The van der Waals surface area contributed by atoms with Gasteiger partial charge in [-0.05, 0) is 37.2 Å². The van der Waals surface area contributed by atoms with Crippen molar-refractivity contribution in [3.63, 3.8) is 0 Å². The summed E-state index contributed by atoms with van der Waals surface area (Å²) in [6, 6.07) is 10.6. The molecular formula is C16H21NO3. The molecule has 0 spiro atoms. The lowest BCUT2D eigenvalue weighted by Gasteiger charge is -2.28. The average molecular weight is 275 g/mol. The van der Waals surface area contributed by atoms with Crippen molar-refractivity contribution in [2.45, 2.75) is 44.6 Å². The fourth-order valence-electron chi connectivity index (χ4n) is 2.67. The number of hydrogen-bond acceptors (Lipinski definition) is 3. The zero-order valence-electron chi connectivity index (χ0n) is 11.8. The van der Waals surface area contributed by atoms with Crippen LogP contribution in [0.3, 0.4) is 0 Å². The second kappa shape index (κ2) is 7.20. The fourth-order valence-corrected chi connectivity index (χ4v) is 2.67. The molecule has 0 N–H and O–H groups in total. The topological polar surface area (TPSA) is 52.4 Å². The van der Waals surface area contributed by atoms with Gasteiger partial charge in [-0.3, -0.25) is 10.1 Å². The first kappa shape index (κ1) is 14.7. The Hall–Kier alpha value is -1.68. The summed E-state index contributed by atoms with van der Waals surface area (Å²) in [6.45, 7) is 1.84. The summed E-state index contributed by atoms with van der Waals surface area (Å²) in [6.07, 6.45) is 6.11. The molecule has 20 heavy (non-hydrogen) atoms. The lowest BCUT2D eigenvalue weighted by molar-refractivity contribution is -0.424. The van der Waals surface area contributed by atoms with Crippen LogP contribution in [-0.4, -0.2) is 17.6 Å². The molecule has 0 aliphatic heterocycles. The van der Waals surface area contributed by atoms with Gasteiger partial charge in [0.25, 0.3) is 0 Å². The maximum atomic E-state index is 10.5. The van der Waals surface area contributed by atoms with Gasteiger partial charge in [-0.25, -0.2) is 0 Å². The Morgan fingerprint density at radius 1 is 1.30 bits per heavy atom. The van der Waals surface area contributed by atoms with E-state index in [1.54, 1.807) is 6.08 Å². The van der Waals surface area contributed by atoms with Crippen LogP contribution in [0.1, 0.15) is 44.1 Å². The van der Waals surface area contributed by atoms with E-state index < -0.39 is 0 Å². The largest absolute Gasteiger partial charge is 0.374 e. The van der Waals surface area contributed by atoms with Crippen molar-refractivity contribution in [3.8, 4) is 0 Å². The van der Waals surface area contributed by atoms with Crippen molar-refractivity contribution in [1.29, 1.82) is 0 Å². The molecule has 0 radical (unpaired) electrons. The second-order valence-electron chi connectivity index (χ2n) is 5.32. The fraction of sp³-hybridized carbons (Fsp3) is 0.500. The van der Waals surface area contributed by atoms with Crippen molar-refractivity contribution in [1.82, 2.24) is 0 Å². The number of nitro groups is 1. The van der Waals surface area contributed by atoms with Gasteiger partial charge >= 0.3 is 0 Å². The van der Waals surface area contributed by atoms with E-state index in [1.807, 2.05) is 6.07 Å². The van der Waals surface area contributed by atoms with Crippen LogP contribution in [0, 0.1) is 10.1 Å². The molecule has 1 aliphatic carbocycles. The summed E-state index contributed by atoms with van der Waals surface area (Å²) in [5.41, 5.74) is 1.57. The van der Waals surface area contributed by atoms with Gasteiger partial charge in [0.1, 0.15) is 0 Å². The highest BCUT2D eigenvalue weighted by Gasteiger charge is 2.22. The molecule has 4 heteroatoms. The molecule has 0 heterocycles. The number of nitrogens with zero attached hydrogens (tertiary/aromatic N) is 1. The van der Waals surface area contributed by atoms with Gasteiger partial charge in [0, 0.05) is 13.0 Å². The van der Waals surface area contributed by atoms with Gasteiger partial charge in [0.05, 0.1) is 17.6 Å². The van der Waals surface area contributed by atoms with Gasteiger partial charge in [-0.15, -0.1) is 0 Å². The van der Waals surface area contributed by atoms with E-state index in [0.29, 0.717) is 12.5 Å². The third-order valence-corrected chi connectivity index (χ3v) is 3.94. The number of ether oxygens (including phenoxy) is 1. The van der Waals surface area contributed by atoms with Crippen LogP contribution in [0.4, 0.5) is 0 Å². The van der Waals surface area contributed by atoms with E-state index in [0.717, 1.165) is 25.7 Å². The van der Waals surface area contributed by atoms with Crippen molar-refractivity contribution < 1.29 is 9.66 Å². The molecule has 4 nitrogen and oxygen atoms in total. The Balaban J connectivity index is 1.75. The highest BCUT2D eigenvalue weighted by molar-refractivity contribution is 5.19. The maximum absolute atomic E-state index is 10.5. The van der Waals surface area contributed by atoms with E-state index in [4.69, 9.17) is 4.74 Å². The molecule has 2 rings (SSSR count). The van der Waals surface area contributed by atoms with Crippen molar-refractivity contribution in [3.05, 3.63) is 57.8 Å². The highest BCUT2D eigenvalue weighted by Crippen LogP contribution is 2.33. The molecule has 108 valence electrons. The molecule has 0 amide bonds. The number of benzene rings is 1. The normalized spacial score (nSPS) is 23.6. The lowest BCUT2D eigenvalue weighted by Crippen LogP contribution is -2.21. The number of rotatable bonds is 5. The molecule has 0 aromatic heterocycles. The molecular weight excluding hydrogens is 254 g/mol. The highest BCUT2D eigenvalue weighted by atomic mass is 16.6. The molecule has 1 aromatic rings. The van der Waals surface area contributed by atoms with E-state index in [2.05, 4.69) is 24.3 Å².